The van der Waals surface area contributed by atoms with Crippen molar-refractivity contribution in [3.8, 4) is 0 Å². The summed E-state index contributed by atoms with van der Waals surface area (Å²) in [6, 6.07) is 8.00. The van der Waals surface area contributed by atoms with E-state index in [0.717, 1.165) is 50.0 Å². The van der Waals surface area contributed by atoms with Gasteiger partial charge in [0.15, 0.2) is 11.5 Å². The van der Waals surface area contributed by atoms with Gasteiger partial charge in [0.05, 0.1) is 5.69 Å². The minimum Gasteiger partial charge on any atom is -0.349 e. The number of imidazole rings is 1. The Labute approximate surface area is 153 Å². The molecule has 0 atom stereocenters. The lowest BCUT2D eigenvalue weighted by molar-refractivity contribution is 0.0937. The Bertz CT molecular complexity index is 855. The van der Waals surface area contributed by atoms with Crippen molar-refractivity contribution in [2.75, 3.05) is 18.0 Å². The Balaban J connectivity index is 1.69. The maximum atomic E-state index is 13.3. The molecule has 4 rings (SSSR count). The fourth-order valence-corrected chi connectivity index (χ4v) is 3.88. The first-order valence-electron chi connectivity index (χ1n) is 9.48. The molecule has 6 nitrogen and oxygen atoms in total. The van der Waals surface area contributed by atoms with Gasteiger partial charge in [-0.05, 0) is 43.7 Å². The van der Waals surface area contributed by atoms with Crippen LogP contribution < -0.4 is 10.2 Å². The molecule has 0 spiro atoms. The van der Waals surface area contributed by atoms with Gasteiger partial charge in [-0.25, -0.2) is 4.98 Å². The normalized spacial score (nSPS) is 15.5. The molecule has 6 heteroatoms. The first-order valence-corrected chi connectivity index (χ1v) is 9.48. The van der Waals surface area contributed by atoms with Gasteiger partial charge in [-0.1, -0.05) is 25.1 Å². The van der Waals surface area contributed by atoms with Crippen molar-refractivity contribution in [3.05, 3.63) is 47.0 Å². The van der Waals surface area contributed by atoms with Crippen molar-refractivity contribution < 1.29 is 9.59 Å². The van der Waals surface area contributed by atoms with Crippen LogP contribution in [0, 0.1) is 0 Å². The molecule has 3 heterocycles. The average molecular weight is 352 g/mol. The van der Waals surface area contributed by atoms with Crippen molar-refractivity contribution in [3.63, 3.8) is 0 Å². The largest absolute Gasteiger partial charge is 0.349 e. The number of nitrogens with one attached hydrogen (secondary N) is 1. The highest BCUT2D eigenvalue weighted by atomic mass is 16.2. The third-order valence-corrected chi connectivity index (χ3v) is 5.19. The second kappa shape index (κ2) is 6.94. The standard InChI is InChI=1S/C20H24N4O2/c1-2-11-21-19(25)18-22-17(16-9-5-6-12-23(16)18)20(26)24-13-10-14-7-3-4-8-15(14)24/h3-4,7-8H,2,5-6,9-13H2,1H3,(H,21,25). The van der Waals surface area contributed by atoms with E-state index in [1.165, 1.54) is 5.56 Å². The molecule has 136 valence electrons. The Morgan fingerprint density at radius 2 is 2.00 bits per heavy atom. The van der Waals surface area contributed by atoms with Crippen LogP contribution in [0.4, 0.5) is 5.69 Å². The highest BCUT2D eigenvalue weighted by molar-refractivity contribution is 6.07. The number of nitrogens with zero attached hydrogens (tertiary/aromatic N) is 3. The second-order valence-corrected chi connectivity index (χ2v) is 6.93. The molecule has 1 aromatic heterocycles. The minimum atomic E-state index is -0.184. The Kier molecular flexibility index (Phi) is 4.49. The van der Waals surface area contributed by atoms with Crippen LogP contribution in [0.5, 0.6) is 0 Å². The van der Waals surface area contributed by atoms with E-state index in [0.29, 0.717) is 24.6 Å². The summed E-state index contributed by atoms with van der Waals surface area (Å²) in [5.41, 5.74) is 3.51. The quantitative estimate of drug-likeness (QED) is 0.920. The number of anilines is 1. The van der Waals surface area contributed by atoms with Crippen molar-refractivity contribution >= 4 is 17.5 Å². The molecule has 2 amide bonds. The summed E-state index contributed by atoms with van der Waals surface area (Å²) in [7, 11) is 0. The van der Waals surface area contributed by atoms with Gasteiger partial charge in [-0.3, -0.25) is 9.59 Å². The lowest BCUT2D eigenvalue weighted by atomic mass is 10.1. The van der Waals surface area contributed by atoms with Crippen molar-refractivity contribution in [1.82, 2.24) is 14.9 Å². The van der Waals surface area contributed by atoms with Gasteiger partial charge in [0, 0.05) is 25.3 Å². The van der Waals surface area contributed by atoms with E-state index in [-0.39, 0.29) is 11.8 Å². The zero-order valence-electron chi connectivity index (χ0n) is 15.1. The van der Waals surface area contributed by atoms with Crippen LogP contribution in [0.25, 0.3) is 0 Å². The van der Waals surface area contributed by atoms with E-state index < -0.39 is 0 Å². The van der Waals surface area contributed by atoms with E-state index >= 15 is 0 Å². The van der Waals surface area contributed by atoms with Crippen molar-refractivity contribution in [2.24, 2.45) is 0 Å². The maximum absolute atomic E-state index is 13.3. The summed E-state index contributed by atoms with van der Waals surface area (Å²) in [4.78, 5) is 32.1. The van der Waals surface area contributed by atoms with Gasteiger partial charge in [-0.2, -0.15) is 0 Å². The van der Waals surface area contributed by atoms with Gasteiger partial charge in [0.25, 0.3) is 11.8 Å². The van der Waals surface area contributed by atoms with E-state index in [4.69, 9.17) is 0 Å². The smallest absolute Gasteiger partial charge is 0.287 e. The summed E-state index contributed by atoms with van der Waals surface area (Å²) in [5, 5.41) is 2.89. The number of para-hydroxylation sites is 1. The summed E-state index contributed by atoms with van der Waals surface area (Å²) in [6.07, 6.45) is 4.57. The van der Waals surface area contributed by atoms with E-state index in [1.807, 2.05) is 29.7 Å². The molecule has 2 aromatic rings. The zero-order chi connectivity index (χ0) is 18.1. The fraction of sp³-hybridized carbons (Fsp3) is 0.450. The number of benzene rings is 1. The number of rotatable bonds is 4. The number of carbonyl (C=O) groups is 2. The number of aromatic nitrogens is 2. The SMILES string of the molecule is CCCNC(=O)c1nc(C(=O)N2CCc3ccccc32)c2n1CCCC2. The lowest BCUT2D eigenvalue weighted by Crippen LogP contribution is -2.30. The molecule has 26 heavy (non-hydrogen) atoms. The van der Waals surface area contributed by atoms with Gasteiger partial charge in [0.1, 0.15) is 0 Å². The van der Waals surface area contributed by atoms with Crippen LogP contribution in [-0.2, 0) is 19.4 Å². The molecule has 0 saturated heterocycles. The number of hydrogen-bond donors (Lipinski definition) is 1. The van der Waals surface area contributed by atoms with E-state index in [9.17, 15) is 9.59 Å². The van der Waals surface area contributed by atoms with E-state index in [2.05, 4.69) is 16.4 Å². The monoisotopic (exact) mass is 352 g/mol. The van der Waals surface area contributed by atoms with Gasteiger partial charge >= 0.3 is 0 Å². The topological polar surface area (TPSA) is 67.2 Å². The lowest BCUT2D eigenvalue weighted by Gasteiger charge is -2.19. The van der Waals surface area contributed by atoms with Crippen LogP contribution in [0.1, 0.15) is 58.6 Å². The Morgan fingerprint density at radius 3 is 2.85 bits per heavy atom. The van der Waals surface area contributed by atoms with E-state index in [1.54, 1.807) is 4.90 Å². The highest BCUT2D eigenvalue weighted by Crippen LogP contribution is 2.30. The predicted octanol–water partition coefficient (Wildman–Crippen LogP) is 2.56. The van der Waals surface area contributed by atoms with Gasteiger partial charge in [-0.15, -0.1) is 0 Å². The first-order chi connectivity index (χ1) is 12.7. The minimum absolute atomic E-state index is 0.0878. The number of carbonyl (C=O) groups excluding carboxylic acids is 2. The molecule has 2 aliphatic rings. The molecular weight excluding hydrogens is 328 g/mol. The molecule has 0 radical (unpaired) electrons. The molecule has 1 N–H and O–H groups in total. The third-order valence-electron chi connectivity index (χ3n) is 5.19. The summed E-state index contributed by atoms with van der Waals surface area (Å²) >= 11 is 0. The van der Waals surface area contributed by atoms with Crippen molar-refractivity contribution in [2.45, 2.75) is 45.6 Å². The zero-order valence-corrected chi connectivity index (χ0v) is 15.1. The summed E-state index contributed by atoms with van der Waals surface area (Å²) in [6.45, 7) is 4.05. The predicted molar refractivity (Wildman–Crippen MR) is 99.6 cm³/mol. The van der Waals surface area contributed by atoms with Crippen LogP contribution in [0.15, 0.2) is 24.3 Å². The maximum Gasteiger partial charge on any atom is 0.287 e. The number of hydrogen-bond acceptors (Lipinski definition) is 3. The Morgan fingerprint density at radius 1 is 1.15 bits per heavy atom. The molecule has 0 fully saturated rings. The molecule has 2 aliphatic heterocycles. The average Bonchev–Trinajstić information content (AvgIpc) is 3.27. The summed E-state index contributed by atoms with van der Waals surface area (Å²) < 4.78 is 1.95. The van der Waals surface area contributed by atoms with Gasteiger partial charge in [0.2, 0.25) is 0 Å². The van der Waals surface area contributed by atoms with Crippen LogP contribution in [-0.4, -0.2) is 34.5 Å². The highest BCUT2D eigenvalue weighted by Gasteiger charge is 2.32. The molecule has 1 aromatic carbocycles. The molecule has 0 aliphatic carbocycles. The molecular formula is C20H24N4O2. The Hall–Kier alpha value is -2.63. The van der Waals surface area contributed by atoms with Crippen LogP contribution in [0.2, 0.25) is 0 Å². The summed E-state index contributed by atoms with van der Waals surface area (Å²) in [5.74, 6) is 0.106. The molecule has 0 bridgehead atoms. The molecule has 0 unspecified atom stereocenters. The molecule has 0 saturated carbocycles. The number of fused-ring (bicyclic) bond motifs is 2. The van der Waals surface area contributed by atoms with Crippen molar-refractivity contribution in [1.29, 1.82) is 0 Å². The fourth-order valence-electron chi connectivity index (χ4n) is 3.88. The number of amides is 2. The third kappa shape index (κ3) is 2.79. The van der Waals surface area contributed by atoms with Gasteiger partial charge < -0.3 is 14.8 Å². The second-order valence-electron chi connectivity index (χ2n) is 6.93. The van der Waals surface area contributed by atoms with Crippen LogP contribution >= 0.6 is 0 Å². The van der Waals surface area contributed by atoms with Crippen LogP contribution in [0.3, 0.4) is 0 Å². The first kappa shape index (κ1) is 16.8.